The summed E-state index contributed by atoms with van der Waals surface area (Å²) in [5.41, 5.74) is 1.39. The van der Waals surface area contributed by atoms with Gasteiger partial charge >= 0.3 is 0 Å². The minimum absolute atomic E-state index is 0.0952. The molecule has 0 saturated carbocycles. The standard InChI is InChI=1S/C19H25N3O5S/c1-26-16-6-4-15(5-7-16)3-2-8-20-19(23)18-13-17(14-21-18)28(24,25)22-9-11-27-12-10-22/h4-7,13-14,21H,2-3,8-12H2,1H3,(H,20,23). The molecule has 1 saturated heterocycles. The lowest BCUT2D eigenvalue weighted by Gasteiger charge is -2.25. The number of sulfonamides is 1. The second-order valence-corrected chi connectivity index (χ2v) is 8.41. The number of morpholine rings is 1. The van der Waals surface area contributed by atoms with E-state index in [2.05, 4.69) is 10.3 Å². The molecule has 0 radical (unpaired) electrons. The summed E-state index contributed by atoms with van der Waals surface area (Å²) in [5.74, 6) is 0.491. The van der Waals surface area contributed by atoms with Crippen LogP contribution in [0.2, 0.25) is 0 Å². The monoisotopic (exact) mass is 407 g/mol. The topological polar surface area (TPSA) is 101 Å². The zero-order valence-electron chi connectivity index (χ0n) is 15.8. The molecule has 1 amide bonds. The first-order chi connectivity index (χ1) is 13.5. The van der Waals surface area contributed by atoms with Crippen LogP contribution in [-0.2, 0) is 21.2 Å². The molecule has 1 aromatic carbocycles. The molecule has 8 nitrogen and oxygen atoms in total. The van der Waals surface area contributed by atoms with E-state index in [0.29, 0.717) is 32.8 Å². The Labute approximate surface area is 164 Å². The quantitative estimate of drug-likeness (QED) is 0.645. The van der Waals surface area contributed by atoms with Crippen molar-refractivity contribution in [2.75, 3.05) is 40.0 Å². The Morgan fingerprint density at radius 2 is 1.96 bits per heavy atom. The van der Waals surface area contributed by atoms with E-state index >= 15 is 0 Å². The Balaban J connectivity index is 1.49. The Morgan fingerprint density at radius 3 is 2.64 bits per heavy atom. The van der Waals surface area contributed by atoms with Gasteiger partial charge in [-0.25, -0.2) is 8.42 Å². The first-order valence-corrected chi connectivity index (χ1v) is 10.6. The maximum absolute atomic E-state index is 12.6. The molecule has 9 heteroatoms. The number of amides is 1. The highest BCUT2D eigenvalue weighted by atomic mass is 32.2. The Bertz CT molecular complexity index is 887. The molecule has 3 rings (SSSR count). The van der Waals surface area contributed by atoms with Crippen LogP contribution in [0.5, 0.6) is 5.75 Å². The summed E-state index contributed by atoms with van der Waals surface area (Å²) in [4.78, 5) is 15.1. The van der Waals surface area contributed by atoms with Crippen LogP contribution in [0.3, 0.4) is 0 Å². The van der Waals surface area contributed by atoms with Crippen LogP contribution in [0.15, 0.2) is 41.4 Å². The van der Waals surface area contributed by atoms with Gasteiger partial charge < -0.3 is 19.8 Å². The smallest absolute Gasteiger partial charge is 0.267 e. The zero-order valence-corrected chi connectivity index (χ0v) is 16.6. The summed E-state index contributed by atoms with van der Waals surface area (Å²) in [5, 5.41) is 2.81. The number of carbonyl (C=O) groups excluding carboxylic acids is 1. The number of rotatable bonds is 8. The van der Waals surface area contributed by atoms with E-state index in [-0.39, 0.29) is 16.5 Å². The molecule has 28 heavy (non-hydrogen) atoms. The van der Waals surface area contributed by atoms with Crippen molar-refractivity contribution in [1.82, 2.24) is 14.6 Å². The fourth-order valence-electron chi connectivity index (χ4n) is 2.97. The lowest BCUT2D eigenvalue weighted by molar-refractivity contribution is 0.0730. The Kier molecular flexibility index (Phi) is 6.71. The molecule has 2 heterocycles. The number of aryl methyl sites for hydroxylation is 1. The second kappa shape index (κ2) is 9.22. The summed E-state index contributed by atoms with van der Waals surface area (Å²) < 4.78 is 36.9. The number of benzene rings is 1. The van der Waals surface area contributed by atoms with Gasteiger partial charge in [0.2, 0.25) is 10.0 Å². The fourth-order valence-corrected chi connectivity index (χ4v) is 4.37. The van der Waals surface area contributed by atoms with Crippen molar-refractivity contribution >= 4 is 15.9 Å². The molecule has 0 bridgehead atoms. The van der Waals surface area contributed by atoms with Gasteiger partial charge in [-0.15, -0.1) is 0 Å². The summed E-state index contributed by atoms with van der Waals surface area (Å²) in [6.45, 7) is 1.90. The third-order valence-electron chi connectivity index (χ3n) is 4.60. The number of ether oxygens (including phenoxy) is 2. The van der Waals surface area contributed by atoms with Crippen LogP contribution in [0, 0.1) is 0 Å². The summed E-state index contributed by atoms with van der Waals surface area (Å²) >= 11 is 0. The van der Waals surface area contributed by atoms with Crippen LogP contribution in [0.4, 0.5) is 0 Å². The van der Waals surface area contributed by atoms with Gasteiger partial charge in [0.15, 0.2) is 0 Å². The van der Waals surface area contributed by atoms with Crippen molar-refractivity contribution in [3.05, 3.63) is 47.8 Å². The van der Waals surface area contributed by atoms with Gasteiger partial charge in [0.05, 0.1) is 20.3 Å². The third-order valence-corrected chi connectivity index (χ3v) is 6.47. The lowest BCUT2D eigenvalue weighted by atomic mass is 10.1. The maximum atomic E-state index is 12.6. The van der Waals surface area contributed by atoms with E-state index < -0.39 is 10.0 Å². The molecule has 1 aliphatic rings. The highest BCUT2D eigenvalue weighted by Gasteiger charge is 2.27. The zero-order chi connectivity index (χ0) is 20.0. The first-order valence-electron chi connectivity index (χ1n) is 9.18. The minimum atomic E-state index is -3.61. The predicted molar refractivity (Wildman–Crippen MR) is 104 cm³/mol. The van der Waals surface area contributed by atoms with E-state index in [4.69, 9.17) is 9.47 Å². The fraction of sp³-hybridized carbons (Fsp3) is 0.421. The van der Waals surface area contributed by atoms with Gasteiger partial charge in [0.25, 0.3) is 5.91 Å². The van der Waals surface area contributed by atoms with E-state index in [9.17, 15) is 13.2 Å². The van der Waals surface area contributed by atoms with Gasteiger partial charge in [-0.3, -0.25) is 4.79 Å². The molecule has 0 aliphatic carbocycles. The predicted octanol–water partition coefficient (Wildman–Crippen LogP) is 1.41. The molecule has 0 unspecified atom stereocenters. The van der Waals surface area contributed by atoms with E-state index in [1.165, 1.54) is 16.6 Å². The normalized spacial score (nSPS) is 15.3. The van der Waals surface area contributed by atoms with Crippen LogP contribution in [-0.4, -0.2) is 63.6 Å². The molecule has 2 N–H and O–H groups in total. The van der Waals surface area contributed by atoms with Gasteiger partial charge in [0, 0.05) is 25.8 Å². The number of hydrogen-bond donors (Lipinski definition) is 2. The Hall–Kier alpha value is -2.36. The van der Waals surface area contributed by atoms with Gasteiger partial charge in [-0.1, -0.05) is 12.1 Å². The van der Waals surface area contributed by atoms with Crippen molar-refractivity contribution in [2.24, 2.45) is 0 Å². The number of H-pyrrole nitrogens is 1. The SMILES string of the molecule is COc1ccc(CCCNC(=O)c2cc(S(=O)(=O)N3CCOCC3)c[nH]2)cc1. The van der Waals surface area contributed by atoms with Crippen LogP contribution < -0.4 is 10.1 Å². The number of aromatic nitrogens is 1. The van der Waals surface area contributed by atoms with E-state index in [1.807, 2.05) is 24.3 Å². The molecule has 0 spiro atoms. The van der Waals surface area contributed by atoms with Crippen molar-refractivity contribution in [3.63, 3.8) is 0 Å². The van der Waals surface area contributed by atoms with Crippen molar-refractivity contribution in [1.29, 1.82) is 0 Å². The van der Waals surface area contributed by atoms with Crippen molar-refractivity contribution in [3.8, 4) is 5.75 Å². The van der Waals surface area contributed by atoms with E-state index in [0.717, 1.165) is 24.2 Å². The van der Waals surface area contributed by atoms with Gasteiger partial charge in [-0.2, -0.15) is 4.31 Å². The first kappa shape index (κ1) is 20.4. The molecule has 1 aromatic heterocycles. The molecular formula is C19H25N3O5S. The van der Waals surface area contributed by atoms with Crippen LogP contribution >= 0.6 is 0 Å². The Morgan fingerprint density at radius 1 is 1.25 bits per heavy atom. The molecule has 1 aliphatic heterocycles. The average molecular weight is 407 g/mol. The molecule has 2 aromatic rings. The molecular weight excluding hydrogens is 382 g/mol. The highest BCUT2D eigenvalue weighted by Crippen LogP contribution is 2.18. The second-order valence-electron chi connectivity index (χ2n) is 6.47. The number of nitrogens with one attached hydrogen (secondary N) is 2. The molecule has 152 valence electrons. The molecule has 1 fully saturated rings. The summed E-state index contributed by atoms with van der Waals surface area (Å²) in [7, 11) is -1.98. The largest absolute Gasteiger partial charge is 0.497 e. The molecule has 0 atom stereocenters. The summed E-state index contributed by atoms with van der Waals surface area (Å²) in [6.07, 6.45) is 2.96. The third kappa shape index (κ3) is 4.92. The van der Waals surface area contributed by atoms with Crippen LogP contribution in [0.25, 0.3) is 0 Å². The highest BCUT2D eigenvalue weighted by molar-refractivity contribution is 7.89. The van der Waals surface area contributed by atoms with E-state index in [1.54, 1.807) is 7.11 Å². The van der Waals surface area contributed by atoms with Crippen LogP contribution in [0.1, 0.15) is 22.5 Å². The number of hydrogen-bond acceptors (Lipinski definition) is 5. The number of carbonyl (C=O) groups is 1. The number of aromatic amines is 1. The lowest BCUT2D eigenvalue weighted by Crippen LogP contribution is -2.40. The number of nitrogens with zero attached hydrogens (tertiary/aromatic N) is 1. The number of methoxy groups -OCH3 is 1. The summed E-state index contributed by atoms with van der Waals surface area (Å²) in [6, 6.07) is 9.18. The minimum Gasteiger partial charge on any atom is -0.497 e. The van der Waals surface area contributed by atoms with Gasteiger partial charge in [0.1, 0.15) is 16.3 Å². The average Bonchev–Trinajstić information content (AvgIpc) is 3.23. The van der Waals surface area contributed by atoms with Gasteiger partial charge in [-0.05, 0) is 36.6 Å². The van der Waals surface area contributed by atoms with Crippen molar-refractivity contribution in [2.45, 2.75) is 17.7 Å². The van der Waals surface area contributed by atoms with Crippen molar-refractivity contribution < 1.29 is 22.7 Å². The maximum Gasteiger partial charge on any atom is 0.267 e.